The van der Waals surface area contributed by atoms with Gasteiger partial charge in [0.2, 0.25) is 11.2 Å². The van der Waals surface area contributed by atoms with Crippen LogP contribution in [0.5, 0.6) is 11.5 Å². The van der Waals surface area contributed by atoms with Crippen LogP contribution in [-0.4, -0.2) is 17.1 Å². The Morgan fingerprint density at radius 2 is 1.90 bits per heavy atom. The minimum absolute atomic E-state index is 0.0599. The summed E-state index contributed by atoms with van der Waals surface area (Å²) in [7, 11) is 0. The normalized spacial score (nSPS) is 12.0. The highest BCUT2D eigenvalue weighted by atomic mass is 19.2. The van der Waals surface area contributed by atoms with Crippen molar-refractivity contribution in [1.82, 2.24) is 4.57 Å². The number of aromatic nitrogens is 1. The lowest BCUT2D eigenvalue weighted by molar-refractivity contribution is 0.0524. The van der Waals surface area contributed by atoms with Crippen LogP contribution in [0, 0.1) is 11.6 Å². The molecule has 0 saturated carbocycles. The average molecular weight is 393 g/mol. The van der Waals surface area contributed by atoms with Crippen molar-refractivity contribution >= 4 is 27.6 Å². The van der Waals surface area contributed by atoms with Crippen molar-refractivity contribution in [3.63, 3.8) is 0 Å². The Morgan fingerprint density at radius 1 is 1.10 bits per heavy atom. The second-order valence-electron chi connectivity index (χ2n) is 6.60. The fourth-order valence-electron chi connectivity index (χ4n) is 3.67. The zero-order chi connectivity index (χ0) is 20.3. The van der Waals surface area contributed by atoms with Gasteiger partial charge >= 0.3 is 5.97 Å². The molecule has 1 aromatic heterocycles. The van der Waals surface area contributed by atoms with Crippen molar-refractivity contribution in [3.8, 4) is 17.2 Å². The van der Waals surface area contributed by atoms with E-state index in [1.54, 1.807) is 25.1 Å². The quantitative estimate of drug-likeness (QED) is 0.408. The Kier molecular flexibility index (Phi) is 3.67. The van der Waals surface area contributed by atoms with Gasteiger partial charge in [-0.05, 0) is 24.4 Å². The summed E-state index contributed by atoms with van der Waals surface area (Å²) in [4.78, 5) is 25.1. The molecule has 0 bridgehead atoms. The third kappa shape index (κ3) is 2.37. The molecular weight excluding hydrogens is 380 g/mol. The summed E-state index contributed by atoms with van der Waals surface area (Å²) in [5.41, 5.74) is -0.456. The van der Waals surface area contributed by atoms with E-state index in [1.807, 2.05) is 18.2 Å². The van der Waals surface area contributed by atoms with Crippen LogP contribution in [0.4, 0.5) is 8.78 Å². The fourth-order valence-corrected chi connectivity index (χ4v) is 3.67. The van der Waals surface area contributed by atoms with Crippen molar-refractivity contribution in [2.45, 2.75) is 6.92 Å². The maximum absolute atomic E-state index is 14.6. The number of halogens is 2. The van der Waals surface area contributed by atoms with E-state index >= 15 is 0 Å². The van der Waals surface area contributed by atoms with Crippen LogP contribution >= 0.6 is 0 Å². The summed E-state index contributed by atoms with van der Waals surface area (Å²) in [5.74, 6) is -3.35. The number of hydrogen-bond donors (Lipinski definition) is 0. The lowest BCUT2D eigenvalue weighted by Gasteiger charge is -2.25. The number of rotatable bonds is 2. The summed E-state index contributed by atoms with van der Waals surface area (Å²) in [5, 5.41) is 1.36. The molecule has 5 nitrogen and oxygen atoms in total. The second kappa shape index (κ2) is 6.13. The standard InChI is InChI=1S/C22H13F2NO4/c1-2-28-22(27)14-10-25-16-8-7-11-5-3-4-6-12(11)20(16)29-21-17(24)15(23)9-13(18(21)25)19(14)26/h3-10H,2H2,1H3. The molecule has 7 heteroatoms. The number of pyridine rings is 1. The van der Waals surface area contributed by atoms with Gasteiger partial charge in [-0.1, -0.05) is 30.3 Å². The summed E-state index contributed by atoms with van der Waals surface area (Å²) in [6.45, 7) is 1.69. The third-order valence-corrected chi connectivity index (χ3v) is 4.96. The number of esters is 1. The average Bonchev–Trinajstić information content (AvgIpc) is 2.73. The summed E-state index contributed by atoms with van der Waals surface area (Å²) in [6, 6.07) is 11.7. The summed E-state index contributed by atoms with van der Waals surface area (Å²) in [6.07, 6.45) is 1.29. The van der Waals surface area contributed by atoms with Gasteiger partial charge in [0, 0.05) is 11.6 Å². The molecule has 1 aliphatic heterocycles. The zero-order valence-electron chi connectivity index (χ0n) is 15.2. The first-order valence-electron chi connectivity index (χ1n) is 8.95. The smallest absolute Gasteiger partial charge is 0.343 e. The van der Waals surface area contributed by atoms with Crippen LogP contribution in [0.15, 0.2) is 53.5 Å². The highest BCUT2D eigenvalue weighted by Gasteiger charge is 2.29. The van der Waals surface area contributed by atoms with Gasteiger partial charge in [0.25, 0.3) is 0 Å². The topological polar surface area (TPSA) is 57.5 Å². The molecule has 1 aliphatic rings. The molecule has 4 aromatic rings. The van der Waals surface area contributed by atoms with E-state index < -0.39 is 28.8 Å². The number of fused-ring (bicyclic) bond motifs is 4. The zero-order valence-corrected chi connectivity index (χ0v) is 15.2. The molecule has 0 fully saturated rings. The van der Waals surface area contributed by atoms with Gasteiger partial charge in [-0.2, -0.15) is 4.39 Å². The van der Waals surface area contributed by atoms with Crippen molar-refractivity contribution in [2.24, 2.45) is 0 Å². The molecule has 0 amide bonds. The van der Waals surface area contributed by atoms with Gasteiger partial charge in [-0.25, -0.2) is 9.18 Å². The van der Waals surface area contributed by atoms with Gasteiger partial charge in [0.15, 0.2) is 17.3 Å². The van der Waals surface area contributed by atoms with E-state index in [-0.39, 0.29) is 23.1 Å². The predicted molar refractivity (Wildman–Crippen MR) is 103 cm³/mol. The Bertz CT molecular complexity index is 1410. The molecule has 2 heterocycles. The first-order valence-corrected chi connectivity index (χ1v) is 8.95. The third-order valence-electron chi connectivity index (χ3n) is 4.96. The number of carbonyl (C=O) groups excluding carboxylic acids is 1. The van der Waals surface area contributed by atoms with Crippen molar-refractivity contribution in [3.05, 3.63) is 76.1 Å². The number of nitrogens with zero attached hydrogens (tertiary/aromatic N) is 1. The second-order valence-corrected chi connectivity index (χ2v) is 6.60. The molecule has 5 rings (SSSR count). The summed E-state index contributed by atoms with van der Waals surface area (Å²) >= 11 is 0. The van der Waals surface area contributed by atoms with Gasteiger partial charge in [0.05, 0.1) is 17.7 Å². The molecular formula is C22H13F2NO4. The molecule has 0 atom stereocenters. The van der Waals surface area contributed by atoms with Crippen LogP contribution in [0.25, 0.3) is 27.4 Å². The minimum Gasteiger partial charge on any atom is -0.462 e. The lowest BCUT2D eigenvalue weighted by atomic mass is 10.0. The van der Waals surface area contributed by atoms with Crippen LogP contribution in [0.2, 0.25) is 0 Å². The molecule has 0 unspecified atom stereocenters. The summed E-state index contributed by atoms with van der Waals surface area (Å²) < 4.78 is 41.2. The van der Waals surface area contributed by atoms with Gasteiger partial charge in [-0.3, -0.25) is 4.79 Å². The number of carbonyl (C=O) groups is 1. The van der Waals surface area contributed by atoms with E-state index in [4.69, 9.17) is 9.47 Å². The Morgan fingerprint density at radius 3 is 2.69 bits per heavy atom. The number of benzene rings is 3. The van der Waals surface area contributed by atoms with E-state index in [9.17, 15) is 18.4 Å². The molecule has 0 radical (unpaired) electrons. The minimum atomic E-state index is -1.24. The predicted octanol–water partition coefficient (Wildman–Crippen LogP) is 4.70. The number of hydrogen-bond acceptors (Lipinski definition) is 4. The Labute approximate surface area is 162 Å². The first kappa shape index (κ1) is 17.4. The van der Waals surface area contributed by atoms with Crippen LogP contribution in [0.1, 0.15) is 17.3 Å². The first-order chi connectivity index (χ1) is 14.0. The molecule has 0 aliphatic carbocycles. The lowest BCUT2D eigenvalue weighted by Crippen LogP contribution is -2.22. The Hall–Kier alpha value is -3.74. The van der Waals surface area contributed by atoms with Gasteiger partial charge < -0.3 is 14.0 Å². The van der Waals surface area contributed by atoms with Gasteiger partial charge in [0.1, 0.15) is 11.1 Å². The van der Waals surface area contributed by atoms with E-state index in [2.05, 4.69) is 0 Å². The maximum Gasteiger partial charge on any atom is 0.343 e. The van der Waals surface area contributed by atoms with Crippen LogP contribution in [0.3, 0.4) is 0 Å². The Balaban J connectivity index is 1.96. The number of ether oxygens (including phenoxy) is 2. The molecule has 3 aromatic carbocycles. The van der Waals surface area contributed by atoms with Crippen molar-refractivity contribution in [1.29, 1.82) is 0 Å². The highest BCUT2D eigenvalue weighted by molar-refractivity contribution is 5.99. The highest BCUT2D eigenvalue weighted by Crippen LogP contribution is 2.45. The molecule has 144 valence electrons. The molecule has 0 spiro atoms. The SMILES string of the molecule is CCOC(=O)c1cn2c3c(c(F)c(F)cc3c1=O)Oc1c-2ccc2ccccc12. The monoisotopic (exact) mass is 393 g/mol. The largest absolute Gasteiger partial charge is 0.462 e. The maximum atomic E-state index is 14.6. The van der Waals surface area contributed by atoms with Gasteiger partial charge in [-0.15, -0.1) is 0 Å². The molecule has 29 heavy (non-hydrogen) atoms. The van der Waals surface area contributed by atoms with Crippen LogP contribution in [-0.2, 0) is 4.74 Å². The fraction of sp³-hybridized carbons (Fsp3) is 0.0909. The van der Waals surface area contributed by atoms with E-state index in [0.717, 1.165) is 11.5 Å². The molecule has 0 saturated heterocycles. The van der Waals surface area contributed by atoms with E-state index in [0.29, 0.717) is 16.8 Å². The van der Waals surface area contributed by atoms with Crippen molar-refractivity contribution in [2.75, 3.05) is 6.61 Å². The van der Waals surface area contributed by atoms with Crippen LogP contribution < -0.4 is 10.2 Å². The molecule has 0 N–H and O–H groups in total. The van der Waals surface area contributed by atoms with E-state index in [1.165, 1.54) is 10.8 Å². The van der Waals surface area contributed by atoms with Crippen molar-refractivity contribution < 1.29 is 23.0 Å².